The summed E-state index contributed by atoms with van der Waals surface area (Å²) in [5.74, 6) is 2.32. The second-order valence-corrected chi connectivity index (χ2v) is 8.31. The van der Waals surface area contributed by atoms with Crippen LogP contribution in [0.5, 0.6) is 0 Å². The largest absolute Gasteiger partial charge is 0.440 e. The number of rotatable bonds is 4. The molecule has 1 N–H and O–H groups in total. The van der Waals surface area contributed by atoms with Crippen LogP contribution in [-0.4, -0.2) is 28.0 Å². The molecule has 5 heteroatoms. The van der Waals surface area contributed by atoms with E-state index in [0.717, 1.165) is 41.9 Å². The third-order valence-electron chi connectivity index (χ3n) is 5.58. The Morgan fingerprint density at radius 2 is 2.04 bits per heavy atom. The fourth-order valence-electron chi connectivity index (χ4n) is 4.01. The van der Waals surface area contributed by atoms with E-state index in [1.165, 1.54) is 29.4 Å². The number of aryl methyl sites for hydroxylation is 1. The first kappa shape index (κ1) is 16.8. The smallest absolute Gasteiger partial charge is 0.236 e. The summed E-state index contributed by atoms with van der Waals surface area (Å²) in [4.78, 5) is 12.0. The van der Waals surface area contributed by atoms with Gasteiger partial charge in [-0.3, -0.25) is 4.90 Å². The predicted octanol–water partition coefficient (Wildman–Crippen LogP) is 5.57. The zero-order valence-corrected chi connectivity index (χ0v) is 16.3. The second-order valence-electron chi connectivity index (χ2n) is 7.36. The van der Waals surface area contributed by atoms with Gasteiger partial charge in [-0.25, -0.2) is 4.98 Å². The molecule has 4 nitrogen and oxygen atoms in total. The van der Waals surface area contributed by atoms with Crippen LogP contribution >= 0.6 is 11.3 Å². The summed E-state index contributed by atoms with van der Waals surface area (Å²) in [5.41, 5.74) is 3.70. The Labute approximate surface area is 162 Å². The number of nitrogens with zero attached hydrogens (tertiary/aromatic N) is 2. The number of fused-ring (bicyclic) bond motifs is 1. The number of H-pyrrole nitrogens is 1. The van der Waals surface area contributed by atoms with Crippen LogP contribution in [0, 0.1) is 6.92 Å². The van der Waals surface area contributed by atoms with E-state index >= 15 is 0 Å². The van der Waals surface area contributed by atoms with E-state index in [9.17, 15) is 0 Å². The summed E-state index contributed by atoms with van der Waals surface area (Å²) in [7, 11) is 0. The van der Waals surface area contributed by atoms with Gasteiger partial charge in [-0.05, 0) is 61.8 Å². The molecule has 27 heavy (non-hydrogen) atoms. The molecule has 0 bridgehead atoms. The Hall–Kier alpha value is -2.37. The van der Waals surface area contributed by atoms with Crippen molar-refractivity contribution in [2.24, 2.45) is 0 Å². The molecule has 0 aliphatic carbocycles. The number of para-hydroxylation sites is 1. The number of aromatic amines is 1. The van der Waals surface area contributed by atoms with Crippen LogP contribution in [0.3, 0.4) is 0 Å². The van der Waals surface area contributed by atoms with Gasteiger partial charge in [0.1, 0.15) is 5.76 Å². The van der Waals surface area contributed by atoms with Gasteiger partial charge in [0.2, 0.25) is 5.89 Å². The molecule has 0 amide bonds. The average molecular weight is 378 g/mol. The van der Waals surface area contributed by atoms with Crippen molar-refractivity contribution in [1.29, 1.82) is 0 Å². The Morgan fingerprint density at radius 3 is 2.81 bits per heavy atom. The Kier molecular flexibility index (Phi) is 4.34. The maximum atomic E-state index is 5.89. The van der Waals surface area contributed by atoms with E-state index in [0.29, 0.717) is 5.92 Å². The van der Waals surface area contributed by atoms with Gasteiger partial charge in [0, 0.05) is 23.7 Å². The first-order valence-electron chi connectivity index (χ1n) is 9.56. The molecule has 5 rings (SSSR count). The number of oxazole rings is 1. The standard InChI is InChI=1S/C22H23N3OS/c1-15-20(24-22(26-15)21-7-4-12-27-21)14-25-10-8-16(9-11-25)19-13-17-5-2-3-6-18(17)23-19/h2-7,12-13,16,23H,8-11,14H2,1H3. The number of hydrogen-bond acceptors (Lipinski definition) is 4. The highest BCUT2D eigenvalue weighted by Crippen LogP contribution is 2.31. The van der Waals surface area contributed by atoms with Crippen LogP contribution in [0.4, 0.5) is 0 Å². The number of aromatic nitrogens is 2. The first-order valence-corrected chi connectivity index (χ1v) is 10.4. The van der Waals surface area contributed by atoms with Crippen molar-refractivity contribution in [2.75, 3.05) is 13.1 Å². The lowest BCUT2D eigenvalue weighted by molar-refractivity contribution is 0.201. The highest BCUT2D eigenvalue weighted by molar-refractivity contribution is 7.13. The molecule has 1 aliphatic heterocycles. The minimum atomic E-state index is 0.619. The van der Waals surface area contributed by atoms with Gasteiger partial charge in [0.25, 0.3) is 0 Å². The van der Waals surface area contributed by atoms with Crippen LogP contribution < -0.4 is 0 Å². The molecule has 4 aromatic rings. The topological polar surface area (TPSA) is 45.1 Å². The molecule has 1 saturated heterocycles. The lowest BCUT2D eigenvalue weighted by atomic mass is 9.93. The lowest BCUT2D eigenvalue weighted by Crippen LogP contribution is -2.32. The number of thiophene rings is 1. The van der Waals surface area contributed by atoms with E-state index in [-0.39, 0.29) is 0 Å². The maximum Gasteiger partial charge on any atom is 0.236 e. The number of likely N-dealkylation sites (tertiary alicyclic amines) is 1. The highest BCUT2D eigenvalue weighted by atomic mass is 32.1. The highest BCUT2D eigenvalue weighted by Gasteiger charge is 2.23. The van der Waals surface area contributed by atoms with Crippen molar-refractivity contribution in [2.45, 2.75) is 32.2 Å². The number of hydrogen-bond donors (Lipinski definition) is 1. The van der Waals surface area contributed by atoms with Crippen LogP contribution in [-0.2, 0) is 6.54 Å². The zero-order chi connectivity index (χ0) is 18.2. The van der Waals surface area contributed by atoms with Crippen molar-refractivity contribution in [3.05, 3.63) is 65.0 Å². The van der Waals surface area contributed by atoms with Gasteiger partial charge in [0.15, 0.2) is 0 Å². The van der Waals surface area contributed by atoms with E-state index < -0.39 is 0 Å². The zero-order valence-electron chi connectivity index (χ0n) is 15.4. The Morgan fingerprint density at radius 1 is 1.19 bits per heavy atom. The minimum absolute atomic E-state index is 0.619. The monoisotopic (exact) mass is 377 g/mol. The SMILES string of the molecule is Cc1oc(-c2cccs2)nc1CN1CCC(c2cc3ccccc3[nH]2)CC1. The van der Waals surface area contributed by atoms with Crippen LogP contribution in [0.15, 0.2) is 52.3 Å². The molecule has 1 aliphatic rings. The molecular weight excluding hydrogens is 354 g/mol. The molecule has 3 aromatic heterocycles. The van der Waals surface area contributed by atoms with E-state index in [4.69, 9.17) is 9.40 Å². The summed E-state index contributed by atoms with van der Waals surface area (Å²) in [6, 6.07) is 15.0. The van der Waals surface area contributed by atoms with Crippen LogP contribution in [0.2, 0.25) is 0 Å². The summed E-state index contributed by atoms with van der Waals surface area (Å²) in [6.07, 6.45) is 2.36. The van der Waals surface area contributed by atoms with Crippen molar-refractivity contribution in [3.63, 3.8) is 0 Å². The van der Waals surface area contributed by atoms with Crippen molar-refractivity contribution in [1.82, 2.24) is 14.9 Å². The Bertz CT molecular complexity index is 1010. The van der Waals surface area contributed by atoms with Gasteiger partial charge in [-0.2, -0.15) is 0 Å². The van der Waals surface area contributed by atoms with E-state index in [1.807, 2.05) is 13.0 Å². The molecular formula is C22H23N3OS. The molecule has 1 fully saturated rings. The molecule has 0 atom stereocenters. The fourth-order valence-corrected chi connectivity index (χ4v) is 4.66. The predicted molar refractivity (Wildman–Crippen MR) is 110 cm³/mol. The van der Waals surface area contributed by atoms with Gasteiger partial charge >= 0.3 is 0 Å². The summed E-state index contributed by atoms with van der Waals surface area (Å²) < 4.78 is 5.89. The van der Waals surface area contributed by atoms with Gasteiger partial charge in [-0.1, -0.05) is 24.3 Å². The molecule has 0 spiro atoms. The maximum absolute atomic E-state index is 5.89. The van der Waals surface area contributed by atoms with Crippen LogP contribution in [0.25, 0.3) is 21.7 Å². The van der Waals surface area contributed by atoms with Crippen molar-refractivity contribution in [3.8, 4) is 10.8 Å². The van der Waals surface area contributed by atoms with Crippen LogP contribution in [0.1, 0.15) is 35.9 Å². The molecule has 1 aromatic carbocycles. The fraction of sp³-hybridized carbons (Fsp3) is 0.318. The van der Waals surface area contributed by atoms with Gasteiger partial charge < -0.3 is 9.40 Å². The van der Waals surface area contributed by atoms with Gasteiger partial charge in [-0.15, -0.1) is 11.3 Å². The quantitative estimate of drug-likeness (QED) is 0.505. The number of piperidine rings is 1. The lowest BCUT2D eigenvalue weighted by Gasteiger charge is -2.31. The van der Waals surface area contributed by atoms with Crippen molar-refractivity contribution < 1.29 is 4.42 Å². The van der Waals surface area contributed by atoms with E-state index in [2.05, 4.69) is 51.7 Å². The molecule has 4 heterocycles. The third kappa shape index (κ3) is 3.33. The number of nitrogens with one attached hydrogen (secondary N) is 1. The molecule has 0 unspecified atom stereocenters. The minimum Gasteiger partial charge on any atom is -0.440 e. The second kappa shape index (κ2) is 6.98. The molecule has 0 radical (unpaired) electrons. The van der Waals surface area contributed by atoms with Gasteiger partial charge in [0.05, 0.1) is 10.6 Å². The van der Waals surface area contributed by atoms with E-state index in [1.54, 1.807) is 11.3 Å². The first-order chi connectivity index (χ1) is 13.3. The Balaban J connectivity index is 1.24. The average Bonchev–Trinajstić information content (AvgIpc) is 3.42. The summed E-state index contributed by atoms with van der Waals surface area (Å²) in [6.45, 7) is 5.10. The molecule has 0 saturated carbocycles. The summed E-state index contributed by atoms with van der Waals surface area (Å²) in [5, 5.41) is 3.37. The normalized spacial score (nSPS) is 16.3. The summed E-state index contributed by atoms with van der Waals surface area (Å²) >= 11 is 1.67. The third-order valence-corrected chi connectivity index (χ3v) is 6.43. The van der Waals surface area contributed by atoms with Crippen molar-refractivity contribution >= 4 is 22.2 Å². The molecule has 138 valence electrons. The number of benzene rings is 1.